The normalized spacial score (nSPS) is 15.6. The van der Waals surface area contributed by atoms with Crippen molar-refractivity contribution in [3.8, 4) is 0 Å². The Kier molecular flexibility index (Phi) is 1.76. The van der Waals surface area contributed by atoms with E-state index < -0.39 is 5.97 Å². The van der Waals surface area contributed by atoms with Crippen LogP contribution in [0.15, 0.2) is 24.0 Å². The molecule has 0 unspecified atom stereocenters. The quantitative estimate of drug-likeness (QED) is 0.593. The molecule has 0 aromatic carbocycles. The molecule has 0 fully saturated rings. The van der Waals surface area contributed by atoms with Gasteiger partial charge < -0.3 is 9.84 Å². The molecule has 0 spiro atoms. The standard InChI is InChI=1S/C7H8O3/c1-2-3-6-5(4-10-6)7(8)9/h2H,1,3-4H2,(H,8,9). The lowest BCUT2D eigenvalue weighted by Crippen LogP contribution is -2.20. The maximum atomic E-state index is 10.3. The molecular weight excluding hydrogens is 132 g/mol. The molecule has 1 heterocycles. The smallest absolute Gasteiger partial charge is 0.338 e. The van der Waals surface area contributed by atoms with Crippen LogP contribution in [0.3, 0.4) is 0 Å². The summed E-state index contributed by atoms with van der Waals surface area (Å²) in [5.41, 5.74) is 0.375. The predicted molar refractivity (Wildman–Crippen MR) is 35.4 cm³/mol. The Morgan fingerprint density at radius 3 is 2.90 bits per heavy atom. The van der Waals surface area contributed by atoms with E-state index in [1.165, 1.54) is 0 Å². The maximum absolute atomic E-state index is 10.3. The van der Waals surface area contributed by atoms with E-state index in [0.29, 0.717) is 17.8 Å². The molecule has 3 heteroatoms. The molecule has 0 saturated heterocycles. The summed E-state index contributed by atoms with van der Waals surface area (Å²) < 4.78 is 4.87. The number of carboxylic acid groups (broad SMARTS) is 1. The van der Waals surface area contributed by atoms with E-state index >= 15 is 0 Å². The maximum Gasteiger partial charge on any atom is 0.338 e. The average Bonchev–Trinajstić information content (AvgIpc) is 1.78. The topological polar surface area (TPSA) is 46.5 Å². The molecule has 3 nitrogen and oxygen atoms in total. The Bertz CT molecular complexity index is 203. The number of carbonyl (C=O) groups is 1. The van der Waals surface area contributed by atoms with Crippen LogP contribution in [0, 0.1) is 0 Å². The minimum absolute atomic E-state index is 0.235. The SMILES string of the molecule is C=CCC1=C(C(=O)O)CO1. The molecule has 0 aromatic rings. The highest BCUT2D eigenvalue weighted by molar-refractivity contribution is 5.88. The van der Waals surface area contributed by atoms with Crippen molar-refractivity contribution in [1.29, 1.82) is 0 Å². The molecule has 10 heavy (non-hydrogen) atoms. The molecule has 54 valence electrons. The van der Waals surface area contributed by atoms with E-state index in [-0.39, 0.29) is 6.61 Å². The lowest BCUT2D eigenvalue weighted by atomic mass is 10.1. The molecule has 0 bridgehead atoms. The van der Waals surface area contributed by atoms with Gasteiger partial charge in [-0.2, -0.15) is 0 Å². The first kappa shape index (κ1) is 6.86. The van der Waals surface area contributed by atoms with E-state index in [1.807, 2.05) is 0 Å². The first-order valence-corrected chi connectivity index (χ1v) is 2.94. The van der Waals surface area contributed by atoms with Crippen LogP contribution in [0.2, 0.25) is 0 Å². The fourth-order valence-corrected chi connectivity index (χ4v) is 0.741. The van der Waals surface area contributed by atoms with Crippen LogP contribution >= 0.6 is 0 Å². The fraction of sp³-hybridized carbons (Fsp3) is 0.286. The highest BCUT2D eigenvalue weighted by atomic mass is 16.5. The van der Waals surface area contributed by atoms with Crippen LogP contribution in [0.1, 0.15) is 6.42 Å². The molecule has 1 rings (SSSR count). The molecule has 1 N–H and O–H groups in total. The number of rotatable bonds is 3. The molecule has 0 amide bonds. The summed E-state index contributed by atoms with van der Waals surface area (Å²) >= 11 is 0. The van der Waals surface area contributed by atoms with Gasteiger partial charge in [-0.15, -0.1) is 6.58 Å². The van der Waals surface area contributed by atoms with Gasteiger partial charge in [0.05, 0.1) is 0 Å². The number of aliphatic carboxylic acids is 1. The Labute approximate surface area is 58.6 Å². The Morgan fingerprint density at radius 1 is 1.90 bits per heavy atom. The summed E-state index contributed by atoms with van der Waals surface area (Å²) in [6.45, 7) is 3.70. The van der Waals surface area contributed by atoms with Gasteiger partial charge in [-0.1, -0.05) is 6.08 Å². The van der Waals surface area contributed by atoms with Crippen LogP contribution in [0.25, 0.3) is 0 Å². The average molecular weight is 140 g/mol. The van der Waals surface area contributed by atoms with Gasteiger partial charge in [0.15, 0.2) is 0 Å². The second-order valence-electron chi connectivity index (χ2n) is 1.99. The monoisotopic (exact) mass is 140 g/mol. The zero-order valence-corrected chi connectivity index (χ0v) is 5.46. The Hall–Kier alpha value is -1.25. The summed E-state index contributed by atoms with van der Waals surface area (Å²) in [7, 11) is 0. The minimum atomic E-state index is -0.886. The lowest BCUT2D eigenvalue weighted by molar-refractivity contribution is -0.134. The first-order chi connectivity index (χ1) is 4.75. The Morgan fingerprint density at radius 2 is 2.60 bits per heavy atom. The zero-order valence-electron chi connectivity index (χ0n) is 5.46. The third-order valence-corrected chi connectivity index (χ3v) is 1.32. The van der Waals surface area contributed by atoms with Crippen molar-refractivity contribution in [2.75, 3.05) is 6.61 Å². The molecule has 0 radical (unpaired) electrons. The predicted octanol–water partition coefficient (Wildman–Crippen LogP) is 0.931. The van der Waals surface area contributed by atoms with Gasteiger partial charge in [0.25, 0.3) is 0 Å². The second kappa shape index (κ2) is 2.56. The van der Waals surface area contributed by atoms with E-state index in [0.717, 1.165) is 0 Å². The first-order valence-electron chi connectivity index (χ1n) is 2.94. The van der Waals surface area contributed by atoms with Crippen LogP contribution in [-0.2, 0) is 9.53 Å². The van der Waals surface area contributed by atoms with Crippen LogP contribution in [-0.4, -0.2) is 17.7 Å². The highest BCUT2D eigenvalue weighted by Gasteiger charge is 2.23. The number of carboxylic acids is 1. The van der Waals surface area contributed by atoms with Gasteiger partial charge in [0.2, 0.25) is 0 Å². The molecule has 0 atom stereocenters. The van der Waals surface area contributed by atoms with Gasteiger partial charge in [0, 0.05) is 6.42 Å². The van der Waals surface area contributed by atoms with Crippen molar-refractivity contribution < 1.29 is 14.6 Å². The lowest BCUT2D eigenvalue weighted by Gasteiger charge is -2.20. The minimum Gasteiger partial charge on any atom is -0.492 e. The van der Waals surface area contributed by atoms with Gasteiger partial charge in [-0.3, -0.25) is 0 Å². The third-order valence-electron chi connectivity index (χ3n) is 1.32. The third kappa shape index (κ3) is 1.03. The van der Waals surface area contributed by atoms with Crippen LogP contribution in [0.5, 0.6) is 0 Å². The van der Waals surface area contributed by atoms with E-state index in [1.54, 1.807) is 6.08 Å². The number of allylic oxidation sites excluding steroid dienone is 1. The Balaban J connectivity index is 2.66. The van der Waals surface area contributed by atoms with Crippen molar-refractivity contribution in [3.63, 3.8) is 0 Å². The number of hydrogen-bond donors (Lipinski definition) is 1. The molecule has 0 aromatic heterocycles. The summed E-state index contributed by atoms with van der Waals surface area (Å²) in [5, 5.41) is 8.46. The molecular formula is C7H8O3. The van der Waals surface area contributed by atoms with Crippen molar-refractivity contribution in [1.82, 2.24) is 0 Å². The van der Waals surface area contributed by atoms with Gasteiger partial charge in [-0.25, -0.2) is 4.79 Å². The van der Waals surface area contributed by atoms with Gasteiger partial charge >= 0.3 is 5.97 Å². The second-order valence-corrected chi connectivity index (χ2v) is 1.99. The van der Waals surface area contributed by atoms with E-state index in [9.17, 15) is 4.79 Å². The summed E-state index contributed by atoms with van der Waals surface area (Å²) in [6, 6.07) is 0. The van der Waals surface area contributed by atoms with Gasteiger partial charge in [-0.05, 0) is 0 Å². The molecule has 1 aliphatic rings. The van der Waals surface area contributed by atoms with E-state index in [4.69, 9.17) is 9.84 Å². The zero-order chi connectivity index (χ0) is 7.56. The number of ether oxygens (including phenoxy) is 1. The molecule has 0 aliphatic carbocycles. The summed E-state index contributed by atoms with van der Waals surface area (Å²) in [5.74, 6) is -0.342. The highest BCUT2D eigenvalue weighted by Crippen LogP contribution is 2.21. The van der Waals surface area contributed by atoms with Crippen LogP contribution < -0.4 is 0 Å². The van der Waals surface area contributed by atoms with Crippen LogP contribution in [0.4, 0.5) is 0 Å². The fourth-order valence-electron chi connectivity index (χ4n) is 0.741. The number of hydrogen-bond acceptors (Lipinski definition) is 2. The molecule has 0 saturated carbocycles. The molecule has 1 aliphatic heterocycles. The largest absolute Gasteiger partial charge is 0.492 e. The van der Waals surface area contributed by atoms with Crippen molar-refractivity contribution >= 4 is 5.97 Å². The van der Waals surface area contributed by atoms with Crippen molar-refractivity contribution in [3.05, 3.63) is 24.0 Å². The summed E-state index contributed by atoms with van der Waals surface area (Å²) in [4.78, 5) is 10.3. The van der Waals surface area contributed by atoms with E-state index in [2.05, 4.69) is 6.58 Å². The van der Waals surface area contributed by atoms with Crippen molar-refractivity contribution in [2.24, 2.45) is 0 Å². The van der Waals surface area contributed by atoms with Gasteiger partial charge in [0.1, 0.15) is 17.9 Å². The summed E-state index contributed by atoms with van der Waals surface area (Å²) in [6.07, 6.45) is 2.14. The van der Waals surface area contributed by atoms with Crippen molar-refractivity contribution in [2.45, 2.75) is 6.42 Å².